The second-order valence-corrected chi connectivity index (χ2v) is 5.93. The van der Waals surface area contributed by atoms with Crippen LogP contribution in [0, 0.1) is 0 Å². The lowest BCUT2D eigenvalue weighted by molar-refractivity contribution is 0.0442. The van der Waals surface area contributed by atoms with Gasteiger partial charge in [-0.3, -0.25) is 4.90 Å². The van der Waals surface area contributed by atoms with Crippen LogP contribution in [-0.2, 0) is 0 Å². The summed E-state index contributed by atoms with van der Waals surface area (Å²) >= 11 is 5.91. The van der Waals surface area contributed by atoms with Gasteiger partial charge in [0.15, 0.2) is 0 Å². The van der Waals surface area contributed by atoms with Crippen molar-refractivity contribution in [3.63, 3.8) is 0 Å². The normalized spacial score (nSPS) is 25.0. The monoisotopic (exact) mass is 283 g/mol. The zero-order valence-electron chi connectivity index (χ0n) is 11.4. The van der Waals surface area contributed by atoms with Gasteiger partial charge in [-0.2, -0.15) is 0 Å². The van der Waals surface area contributed by atoms with E-state index in [1.165, 1.54) is 0 Å². The van der Waals surface area contributed by atoms with Crippen LogP contribution in [0.1, 0.15) is 26.2 Å². The number of aliphatic hydroxyl groups is 1. The van der Waals surface area contributed by atoms with E-state index in [9.17, 15) is 5.11 Å². The largest absolute Gasteiger partial charge is 0.492 e. The molecule has 1 aromatic carbocycles. The molecule has 1 heterocycles. The number of hydrogen-bond acceptors (Lipinski definition) is 3. The molecule has 1 fully saturated rings. The van der Waals surface area contributed by atoms with Crippen LogP contribution in [0.25, 0.3) is 0 Å². The van der Waals surface area contributed by atoms with Crippen LogP contribution in [0.5, 0.6) is 5.75 Å². The molecule has 3 nitrogen and oxygen atoms in total. The molecule has 4 heteroatoms. The number of hydrogen-bond donors (Lipinski definition) is 1. The lowest BCUT2D eigenvalue weighted by Crippen LogP contribution is -2.31. The Bertz CT molecular complexity index is 409. The summed E-state index contributed by atoms with van der Waals surface area (Å²) in [4.78, 5) is 2.35. The summed E-state index contributed by atoms with van der Waals surface area (Å²) < 4.78 is 5.69. The van der Waals surface area contributed by atoms with Crippen LogP contribution in [0.3, 0.4) is 0 Å². The maximum absolute atomic E-state index is 10.0. The van der Waals surface area contributed by atoms with Crippen molar-refractivity contribution in [2.24, 2.45) is 0 Å². The molecule has 1 aromatic rings. The van der Waals surface area contributed by atoms with Crippen molar-refractivity contribution >= 4 is 11.6 Å². The lowest BCUT2D eigenvalue weighted by Gasteiger charge is -2.22. The van der Waals surface area contributed by atoms with E-state index in [1.54, 1.807) is 0 Å². The predicted octanol–water partition coefficient (Wildman–Crippen LogP) is 2.96. The fourth-order valence-electron chi connectivity index (χ4n) is 2.39. The minimum Gasteiger partial charge on any atom is -0.492 e. The Morgan fingerprint density at radius 2 is 2.21 bits per heavy atom. The van der Waals surface area contributed by atoms with Gasteiger partial charge in [-0.15, -0.1) is 0 Å². The highest BCUT2D eigenvalue weighted by molar-refractivity contribution is 6.30. The number of ether oxygens (including phenoxy) is 1. The molecule has 0 amide bonds. The average Bonchev–Trinajstić information content (AvgIpc) is 2.51. The minimum atomic E-state index is -0.497. The summed E-state index contributed by atoms with van der Waals surface area (Å²) in [5, 5.41) is 10.7. The lowest BCUT2D eigenvalue weighted by atomic mass is 9.98. The van der Waals surface area contributed by atoms with Crippen LogP contribution >= 0.6 is 11.6 Å². The molecule has 0 bridgehead atoms. The summed E-state index contributed by atoms with van der Waals surface area (Å²) in [5.41, 5.74) is -0.497. The van der Waals surface area contributed by atoms with Crippen LogP contribution in [0.4, 0.5) is 0 Å². The number of nitrogens with zero attached hydrogens (tertiary/aromatic N) is 1. The Balaban J connectivity index is 1.74. The number of halogens is 1. The molecule has 0 radical (unpaired) electrons. The van der Waals surface area contributed by atoms with Gasteiger partial charge in [-0.25, -0.2) is 0 Å². The van der Waals surface area contributed by atoms with Gasteiger partial charge in [0.2, 0.25) is 0 Å². The van der Waals surface area contributed by atoms with Crippen LogP contribution in [0.2, 0.25) is 5.02 Å². The first kappa shape index (κ1) is 14.6. The van der Waals surface area contributed by atoms with Crippen molar-refractivity contribution < 1.29 is 9.84 Å². The van der Waals surface area contributed by atoms with Gasteiger partial charge in [-0.05, 0) is 50.9 Å². The van der Waals surface area contributed by atoms with E-state index in [0.29, 0.717) is 11.6 Å². The van der Waals surface area contributed by atoms with E-state index in [4.69, 9.17) is 16.3 Å². The molecule has 0 saturated carbocycles. The molecular formula is C15H22ClNO2. The number of rotatable bonds is 4. The minimum absolute atomic E-state index is 0.497. The third-order valence-electron chi connectivity index (χ3n) is 3.63. The molecule has 19 heavy (non-hydrogen) atoms. The molecule has 1 aliphatic rings. The van der Waals surface area contributed by atoms with Crippen LogP contribution < -0.4 is 4.74 Å². The highest BCUT2D eigenvalue weighted by Crippen LogP contribution is 2.21. The summed E-state index contributed by atoms with van der Waals surface area (Å²) in [5.74, 6) is 0.814. The molecule has 0 aliphatic carbocycles. The van der Waals surface area contributed by atoms with E-state index in [0.717, 1.165) is 44.6 Å². The van der Waals surface area contributed by atoms with Gasteiger partial charge in [0, 0.05) is 18.1 Å². The number of likely N-dealkylation sites (tertiary alicyclic amines) is 1. The Morgan fingerprint density at radius 3 is 3.00 bits per heavy atom. The van der Waals surface area contributed by atoms with Gasteiger partial charge < -0.3 is 9.84 Å². The van der Waals surface area contributed by atoms with Crippen molar-refractivity contribution in [1.29, 1.82) is 0 Å². The first-order chi connectivity index (χ1) is 9.05. The summed E-state index contributed by atoms with van der Waals surface area (Å²) in [7, 11) is 0. The molecule has 106 valence electrons. The molecule has 0 spiro atoms. The zero-order valence-corrected chi connectivity index (χ0v) is 12.2. The first-order valence-electron chi connectivity index (χ1n) is 6.88. The maximum Gasteiger partial charge on any atom is 0.120 e. The quantitative estimate of drug-likeness (QED) is 0.922. The van der Waals surface area contributed by atoms with Gasteiger partial charge in [0.25, 0.3) is 0 Å². The molecule has 1 unspecified atom stereocenters. The Kier molecular flexibility index (Phi) is 5.08. The first-order valence-corrected chi connectivity index (χ1v) is 7.26. The fourth-order valence-corrected chi connectivity index (χ4v) is 2.57. The molecule has 1 saturated heterocycles. The van der Waals surface area contributed by atoms with E-state index in [2.05, 4.69) is 4.90 Å². The van der Waals surface area contributed by atoms with Crippen LogP contribution in [-0.4, -0.2) is 41.8 Å². The van der Waals surface area contributed by atoms with E-state index in [-0.39, 0.29) is 0 Å². The third kappa shape index (κ3) is 5.01. The van der Waals surface area contributed by atoms with E-state index >= 15 is 0 Å². The Labute approximate surface area is 120 Å². The fraction of sp³-hybridized carbons (Fsp3) is 0.600. The smallest absolute Gasteiger partial charge is 0.120 e. The van der Waals surface area contributed by atoms with E-state index in [1.807, 2.05) is 31.2 Å². The summed E-state index contributed by atoms with van der Waals surface area (Å²) in [6.45, 7) is 5.45. The highest BCUT2D eigenvalue weighted by atomic mass is 35.5. The third-order valence-corrected chi connectivity index (χ3v) is 3.86. The molecular weight excluding hydrogens is 262 g/mol. The topological polar surface area (TPSA) is 32.7 Å². The highest BCUT2D eigenvalue weighted by Gasteiger charge is 2.24. The molecule has 2 rings (SSSR count). The van der Waals surface area contributed by atoms with Crippen molar-refractivity contribution in [2.45, 2.75) is 31.8 Å². The average molecular weight is 284 g/mol. The van der Waals surface area contributed by atoms with Gasteiger partial charge >= 0.3 is 0 Å². The molecule has 0 aromatic heterocycles. The zero-order chi connectivity index (χ0) is 13.7. The summed E-state index contributed by atoms with van der Waals surface area (Å²) in [6, 6.07) is 7.47. The van der Waals surface area contributed by atoms with Gasteiger partial charge in [0.1, 0.15) is 12.4 Å². The van der Waals surface area contributed by atoms with Crippen molar-refractivity contribution in [1.82, 2.24) is 4.90 Å². The SMILES string of the molecule is CC1(O)CCCN(CCOc2cccc(Cl)c2)CC1. The maximum atomic E-state index is 10.0. The van der Waals surface area contributed by atoms with Gasteiger partial charge in [-0.1, -0.05) is 17.7 Å². The van der Waals surface area contributed by atoms with Crippen LogP contribution in [0.15, 0.2) is 24.3 Å². The van der Waals surface area contributed by atoms with Crippen molar-refractivity contribution in [3.05, 3.63) is 29.3 Å². The predicted molar refractivity (Wildman–Crippen MR) is 77.9 cm³/mol. The molecule has 1 N–H and O–H groups in total. The Hall–Kier alpha value is -0.770. The summed E-state index contributed by atoms with van der Waals surface area (Å²) in [6.07, 6.45) is 2.77. The van der Waals surface area contributed by atoms with Crippen molar-refractivity contribution in [3.8, 4) is 5.75 Å². The Morgan fingerprint density at radius 1 is 1.37 bits per heavy atom. The number of benzene rings is 1. The molecule has 1 atom stereocenters. The second kappa shape index (κ2) is 6.60. The standard InChI is InChI=1S/C15H22ClNO2/c1-15(18)6-3-8-17(9-7-15)10-11-19-14-5-2-4-13(16)12-14/h2,4-5,12,18H,3,6-11H2,1H3. The second-order valence-electron chi connectivity index (χ2n) is 5.50. The van der Waals surface area contributed by atoms with Crippen molar-refractivity contribution in [2.75, 3.05) is 26.2 Å². The van der Waals surface area contributed by atoms with Gasteiger partial charge in [0.05, 0.1) is 5.60 Å². The molecule has 1 aliphatic heterocycles. The van der Waals surface area contributed by atoms with E-state index < -0.39 is 5.60 Å².